The molecular weight excluding hydrogens is 324 g/mol. The van der Waals surface area contributed by atoms with Crippen LogP contribution >= 0.6 is 34.2 Å². The molecule has 1 rings (SSSR count). The summed E-state index contributed by atoms with van der Waals surface area (Å²) in [5.74, 6) is -0.0487. The third-order valence-corrected chi connectivity index (χ3v) is 2.42. The summed E-state index contributed by atoms with van der Waals surface area (Å²) in [5, 5.41) is 8.62. The fraction of sp³-hybridized carbons (Fsp3) is 0.250. The Morgan fingerprint density at radius 1 is 1.64 bits per heavy atom. The summed E-state index contributed by atoms with van der Waals surface area (Å²) in [6.07, 6.45) is -2.72. The van der Waals surface area contributed by atoms with E-state index >= 15 is 0 Å². The quantitative estimate of drug-likeness (QED) is 0.475. The molecule has 0 aromatic carbocycles. The van der Waals surface area contributed by atoms with Crippen LogP contribution in [0.25, 0.3) is 0 Å². The standard InChI is InChI=1S/C8H4ClF2IN2/c9-2-4-1-6(12)14-5(3-13)7(4)8(10)11/h1,8H,2H2. The minimum Gasteiger partial charge on any atom is -0.231 e. The Bertz CT molecular complexity index is 390. The van der Waals surface area contributed by atoms with Crippen molar-refractivity contribution in [2.75, 3.05) is 0 Å². The van der Waals surface area contributed by atoms with Gasteiger partial charge in [0.1, 0.15) is 9.77 Å². The summed E-state index contributed by atoms with van der Waals surface area (Å²) in [6, 6.07) is 3.09. The predicted octanol–water partition coefficient (Wildman–Crippen LogP) is 3.23. The van der Waals surface area contributed by atoms with Gasteiger partial charge in [0.05, 0.1) is 5.56 Å². The maximum atomic E-state index is 12.5. The number of aromatic nitrogens is 1. The molecule has 74 valence electrons. The molecular formula is C8H4ClF2IN2. The molecule has 0 radical (unpaired) electrons. The number of pyridine rings is 1. The second-order valence-corrected chi connectivity index (χ2v) is 3.79. The van der Waals surface area contributed by atoms with E-state index in [0.717, 1.165) is 0 Å². The molecule has 0 aliphatic rings. The highest BCUT2D eigenvalue weighted by Gasteiger charge is 2.19. The molecule has 0 saturated heterocycles. The van der Waals surface area contributed by atoms with E-state index in [1.807, 2.05) is 22.6 Å². The van der Waals surface area contributed by atoms with Crippen LogP contribution in [0, 0.1) is 15.0 Å². The second kappa shape index (κ2) is 4.84. The van der Waals surface area contributed by atoms with Gasteiger partial charge in [0.25, 0.3) is 6.43 Å². The summed E-state index contributed by atoms with van der Waals surface area (Å²) in [4.78, 5) is 3.71. The van der Waals surface area contributed by atoms with Crippen LogP contribution in [0.15, 0.2) is 6.07 Å². The van der Waals surface area contributed by atoms with E-state index < -0.39 is 6.43 Å². The Hall–Kier alpha value is -0.480. The van der Waals surface area contributed by atoms with Gasteiger partial charge in [-0.1, -0.05) is 0 Å². The average Bonchev–Trinajstić information content (AvgIpc) is 2.15. The molecule has 0 fully saturated rings. The molecule has 0 spiro atoms. The monoisotopic (exact) mass is 328 g/mol. The maximum absolute atomic E-state index is 12.5. The van der Waals surface area contributed by atoms with Crippen LogP contribution in [0.3, 0.4) is 0 Å². The molecule has 6 heteroatoms. The fourth-order valence-corrected chi connectivity index (χ4v) is 1.85. The number of rotatable bonds is 2. The summed E-state index contributed by atoms with van der Waals surface area (Å²) >= 11 is 7.36. The van der Waals surface area contributed by atoms with Crippen molar-refractivity contribution < 1.29 is 8.78 Å². The van der Waals surface area contributed by atoms with Gasteiger partial charge in [-0.2, -0.15) is 5.26 Å². The van der Waals surface area contributed by atoms with Crippen molar-refractivity contribution in [2.24, 2.45) is 0 Å². The van der Waals surface area contributed by atoms with Crippen LogP contribution in [0.5, 0.6) is 0 Å². The van der Waals surface area contributed by atoms with Gasteiger partial charge in [-0.15, -0.1) is 11.6 Å². The first-order valence-corrected chi connectivity index (χ1v) is 5.15. The highest BCUT2D eigenvalue weighted by atomic mass is 127. The normalized spacial score (nSPS) is 10.3. The van der Waals surface area contributed by atoms with E-state index in [1.54, 1.807) is 6.07 Å². The first-order chi connectivity index (χ1) is 6.60. The molecule has 0 unspecified atom stereocenters. The van der Waals surface area contributed by atoms with Gasteiger partial charge in [-0.25, -0.2) is 13.8 Å². The largest absolute Gasteiger partial charge is 0.266 e. The molecule has 14 heavy (non-hydrogen) atoms. The Morgan fingerprint density at radius 3 is 2.71 bits per heavy atom. The molecule has 1 aromatic heterocycles. The van der Waals surface area contributed by atoms with Crippen molar-refractivity contribution in [2.45, 2.75) is 12.3 Å². The van der Waals surface area contributed by atoms with Crippen LogP contribution in [0.1, 0.15) is 23.2 Å². The fourth-order valence-electron chi connectivity index (χ4n) is 1.01. The SMILES string of the molecule is N#Cc1nc(I)cc(CCl)c1C(F)F. The van der Waals surface area contributed by atoms with E-state index in [1.165, 1.54) is 6.07 Å². The molecule has 0 atom stereocenters. The Labute approximate surface area is 98.0 Å². The molecule has 0 bridgehead atoms. The van der Waals surface area contributed by atoms with Gasteiger partial charge in [0.2, 0.25) is 0 Å². The van der Waals surface area contributed by atoms with Crippen LogP contribution in [0.2, 0.25) is 0 Å². The van der Waals surface area contributed by atoms with E-state index in [0.29, 0.717) is 3.70 Å². The smallest absolute Gasteiger partial charge is 0.231 e. The summed E-state index contributed by atoms with van der Waals surface area (Å²) in [5.41, 5.74) is -0.344. The lowest BCUT2D eigenvalue weighted by molar-refractivity contribution is 0.149. The number of hydrogen-bond acceptors (Lipinski definition) is 2. The minimum atomic E-state index is -2.72. The highest BCUT2D eigenvalue weighted by molar-refractivity contribution is 14.1. The minimum absolute atomic E-state index is 0.0487. The number of nitriles is 1. The van der Waals surface area contributed by atoms with Crippen molar-refractivity contribution in [1.82, 2.24) is 4.98 Å². The average molecular weight is 328 g/mol. The molecule has 0 aliphatic carbocycles. The first-order valence-electron chi connectivity index (χ1n) is 3.53. The van der Waals surface area contributed by atoms with Crippen LogP contribution < -0.4 is 0 Å². The zero-order valence-corrected chi connectivity index (χ0v) is 9.68. The number of halogens is 4. The Balaban J connectivity index is 3.42. The zero-order valence-electron chi connectivity index (χ0n) is 6.77. The van der Waals surface area contributed by atoms with Crippen molar-refractivity contribution in [3.8, 4) is 6.07 Å². The molecule has 1 heterocycles. The number of hydrogen-bond donors (Lipinski definition) is 0. The maximum Gasteiger partial charge on any atom is 0.266 e. The van der Waals surface area contributed by atoms with E-state index in [4.69, 9.17) is 16.9 Å². The van der Waals surface area contributed by atoms with Crippen molar-refractivity contribution in [3.05, 3.63) is 26.6 Å². The topological polar surface area (TPSA) is 36.7 Å². The second-order valence-electron chi connectivity index (χ2n) is 2.41. The lowest BCUT2D eigenvalue weighted by atomic mass is 10.1. The lowest BCUT2D eigenvalue weighted by Crippen LogP contribution is -2.01. The first kappa shape index (κ1) is 11.6. The van der Waals surface area contributed by atoms with Crippen LogP contribution in [-0.4, -0.2) is 4.98 Å². The van der Waals surface area contributed by atoms with Crippen LogP contribution in [0.4, 0.5) is 8.78 Å². The van der Waals surface area contributed by atoms with Gasteiger partial charge in [-0.3, -0.25) is 0 Å². The molecule has 0 N–H and O–H groups in total. The summed E-state index contributed by atoms with van der Waals surface area (Å²) < 4.78 is 25.6. The summed E-state index contributed by atoms with van der Waals surface area (Å²) in [7, 11) is 0. The Morgan fingerprint density at radius 2 is 2.29 bits per heavy atom. The molecule has 1 aromatic rings. The third kappa shape index (κ3) is 2.30. The molecule has 0 amide bonds. The van der Waals surface area contributed by atoms with Gasteiger partial charge in [0.15, 0.2) is 5.69 Å². The third-order valence-electron chi connectivity index (χ3n) is 1.58. The van der Waals surface area contributed by atoms with Crippen molar-refractivity contribution in [1.29, 1.82) is 5.26 Å². The van der Waals surface area contributed by atoms with E-state index in [-0.39, 0.29) is 22.7 Å². The van der Waals surface area contributed by atoms with Gasteiger partial charge < -0.3 is 0 Å². The number of nitrogens with zero attached hydrogens (tertiary/aromatic N) is 2. The van der Waals surface area contributed by atoms with Gasteiger partial charge in [0, 0.05) is 5.88 Å². The van der Waals surface area contributed by atoms with Crippen molar-refractivity contribution in [3.63, 3.8) is 0 Å². The van der Waals surface area contributed by atoms with Crippen LogP contribution in [-0.2, 0) is 5.88 Å². The molecule has 0 aliphatic heterocycles. The van der Waals surface area contributed by atoms with Gasteiger partial charge in [-0.05, 0) is 34.2 Å². The van der Waals surface area contributed by atoms with E-state index in [2.05, 4.69) is 4.98 Å². The predicted molar refractivity (Wildman–Crippen MR) is 56.2 cm³/mol. The zero-order chi connectivity index (χ0) is 10.7. The summed E-state index contributed by atoms with van der Waals surface area (Å²) in [6.45, 7) is 0. The highest BCUT2D eigenvalue weighted by Crippen LogP contribution is 2.27. The Kier molecular flexibility index (Phi) is 4.01. The van der Waals surface area contributed by atoms with E-state index in [9.17, 15) is 8.78 Å². The lowest BCUT2D eigenvalue weighted by Gasteiger charge is -2.07. The van der Waals surface area contributed by atoms with Gasteiger partial charge >= 0.3 is 0 Å². The molecule has 0 saturated carbocycles. The number of alkyl halides is 3. The van der Waals surface area contributed by atoms with Crippen molar-refractivity contribution >= 4 is 34.2 Å². The molecule has 2 nitrogen and oxygen atoms in total.